The van der Waals surface area contributed by atoms with Crippen LogP contribution in [0.3, 0.4) is 0 Å². The monoisotopic (exact) mass is 401 g/mol. The largest absolute Gasteiger partial charge is 0.478 e. The molecule has 0 atom stereocenters. The first-order chi connectivity index (χ1) is 14.6. The number of carboxylic acid groups (broad SMARTS) is 1. The molecule has 7 nitrogen and oxygen atoms in total. The van der Waals surface area contributed by atoms with Crippen LogP contribution in [0.2, 0.25) is 0 Å². The maximum Gasteiger partial charge on any atom is 0.328 e. The highest BCUT2D eigenvalue weighted by molar-refractivity contribution is 5.90. The molecule has 30 heavy (non-hydrogen) atoms. The lowest BCUT2D eigenvalue weighted by atomic mass is 10.1. The van der Waals surface area contributed by atoms with Crippen LogP contribution in [-0.4, -0.2) is 32.1 Å². The van der Waals surface area contributed by atoms with Gasteiger partial charge in [0.1, 0.15) is 5.82 Å². The maximum absolute atomic E-state index is 13.5. The van der Waals surface area contributed by atoms with Crippen LogP contribution in [0.1, 0.15) is 11.1 Å². The van der Waals surface area contributed by atoms with Gasteiger partial charge >= 0.3 is 5.97 Å². The number of rotatable bonds is 6. The average Bonchev–Trinajstić information content (AvgIpc) is 3.18. The molecule has 0 aliphatic rings. The van der Waals surface area contributed by atoms with Gasteiger partial charge in [0.2, 0.25) is 0 Å². The number of fused-ring (bicyclic) bond motifs is 1. The summed E-state index contributed by atoms with van der Waals surface area (Å²) in [6.07, 6.45) is 7.53. The standard InChI is InChI=1S/C22H16FN5O2/c23-17-2-1-3-18(12-17)28-22-19(14-26-28)20(10-11-24-22)27-25-13-16-6-4-15(5-7-16)8-9-21(29)30/h1-14H,(H,24,27)(H,29,30)/b9-8+,25-13+. The van der Waals surface area contributed by atoms with Crippen molar-refractivity contribution < 1.29 is 14.3 Å². The Morgan fingerprint density at radius 2 is 1.93 bits per heavy atom. The number of benzene rings is 2. The molecule has 0 fully saturated rings. The van der Waals surface area contributed by atoms with E-state index in [9.17, 15) is 9.18 Å². The summed E-state index contributed by atoms with van der Waals surface area (Å²) in [6, 6.07) is 15.2. The first-order valence-electron chi connectivity index (χ1n) is 8.99. The molecule has 0 aliphatic carbocycles. The molecule has 0 radical (unpaired) electrons. The first-order valence-corrected chi connectivity index (χ1v) is 8.99. The van der Waals surface area contributed by atoms with E-state index >= 15 is 0 Å². The van der Waals surface area contributed by atoms with Crippen LogP contribution in [0.4, 0.5) is 10.1 Å². The number of carbonyl (C=O) groups is 1. The number of aromatic nitrogens is 3. The summed E-state index contributed by atoms with van der Waals surface area (Å²) >= 11 is 0. The van der Waals surface area contributed by atoms with E-state index in [1.54, 1.807) is 53.6 Å². The fourth-order valence-electron chi connectivity index (χ4n) is 2.86. The summed E-state index contributed by atoms with van der Waals surface area (Å²) in [5.74, 6) is -1.34. The molecule has 148 valence electrons. The smallest absolute Gasteiger partial charge is 0.328 e. The van der Waals surface area contributed by atoms with Gasteiger partial charge in [-0.3, -0.25) is 5.43 Å². The molecule has 2 N–H and O–H groups in total. The lowest BCUT2D eigenvalue weighted by molar-refractivity contribution is -0.131. The average molecular weight is 401 g/mol. The molecule has 0 saturated carbocycles. The predicted octanol–water partition coefficient (Wildman–Crippen LogP) is 4.10. The Labute approximate surface area is 170 Å². The van der Waals surface area contributed by atoms with Gasteiger partial charge in [-0.1, -0.05) is 30.3 Å². The van der Waals surface area contributed by atoms with Gasteiger partial charge < -0.3 is 5.11 Å². The van der Waals surface area contributed by atoms with Crippen molar-refractivity contribution in [3.8, 4) is 5.69 Å². The van der Waals surface area contributed by atoms with E-state index in [4.69, 9.17) is 5.11 Å². The highest BCUT2D eigenvalue weighted by atomic mass is 19.1. The Morgan fingerprint density at radius 1 is 1.13 bits per heavy atom. The van der Waals surface area contributed by atoms with Gasteiger partial charge in [-0.15, -0.1) is 0 Å². The fraction of sp³-hybridized carbons (Fsp3) is 0. The van der Waals surface area contributed by atoms with Crippen molar-refractivity contribution in [3.63, 3.8) is 0 Å². The molecule has 2 aromatic carbocycles. The Kier molecular flexibility index (Phi) is 5.29. The van der Waals surface area contributed by atoms with Crippen molar-refractivity contribution >= 4 is 35.0 Å². The third-order valence-electron chi connectivity index (χ3n) is 4.28. The third-order valence-corrected chi connectivity index (χ3v) is 4.28. The maximum atomic E-state index is 13.5. The van der Waals surface area contributed by atoms with Crippen molar-refractivity contribution in [2.24, 2.45) is 5.10 Å². The van der Waals surface area contributed by atoms with E-state index < -0.39 is 5.97 Å². The number of hydrogen-bond acceptors (Lipinski definition) is 5. The summed E-state index contributed by atoms with van der Waals surface area (Å²) in [5.41, 5.74) is 6.47. The second kappa shape index (κ2) is 8.36. The summed E-state index contributed by atoms with van der Waals surface area (Å²) in [4.78, 5) is 14.9. The second-order valence-electron chi connectivity index (χ2n) is 6.34. The Morgan fingerprint density at radius 3 is 2.70 bits per heavy atom. The Balaban J connectivity index is 1.53. The normalized spacial score (nSPS) is 11.5. The Hall–Kier alpha value is -4.33. The molecular weight excluding hydrogens is 385 g/mol. The lowest BCUT2D eigenvalue weighted by Crippen LogP contribution is -1.98. The van der Waals surface area contributed by atoms with Crippen LogP contribution in [-0.2, 0) is 4.79 Å². The number of nitrogens with zero attached hydrogens (tertiary/aromatic N) is 4. The quantitative estimate of drug-likeness (QED) is 0.288. The molecule has 0 bridgehead atoms. The van der Waals surface area contributed by atoms with Gasteiger partial charge in [0, 0.05) is 12.3 Å². The lowest BCUT2D eigenvalue weighted by Gasteiger charge is -2.04. The SMILES string of the molecule is O=C(O)/C=C/c1ccc(/C=N/Nc2ccnc3c2cnn3-c2cccc(F)c2)cc1. The number of hydrazone groups is 1. The molecule has 0 unspecified atom stereocenters. The summed E-state index contributed by atoms with van der Waals surface area (Å²) in [7, 11) is 0. The van der Waals surface area contributed by atoms with Crippen molar-refractivity contribution in [1.29, 1.82) is 0 Å². The number of halogens is 1. The zero-order valence-electron chi connectivity index (χ0n) is 15.6. The third kappa shape index (κ3) is 4.22. The zero-order valence-corrected chi connectivity index (χ0v) is 15.6. The molecule has 0 aliphatic heterocycles. The number of aliphatic carboxylic acids is 1. The van der Waals surface area contributed by atoms with E-state index in [1.165, 1.54) is 18.2 Å². The summed E-state index contributed by atoms with van der Waals surface area (Å²) in [5, 5.41) is 18.0. The van der Waals surface area contributed by atoms with Gasteiger partial charge in [0.25, 0.3) is 0 Å². The van der Waals surface area contributed by atoms with Crippen LogP contribution < -0.4 is 5.43 Å². The van der Waals surface area contributed by atoms with Crippen LogP contribution in [0, 0.1) is 5.82 Å². The number of anilines is 1. The second-order valence-corrected chi connectivity index (χ2v) is 6.34. The van der Waals surface area contributed by atoms with Crippen LogP contribution >= 0.6 is 0 Å². The first kappa shape index (κ1) is 19.0. The number of hydrogen-bond donors (Lipinski definition) is 2. The van der Waals surface area contributed by atoms with Gasteiger partial charge in [-0.25, -0.2) is 18.9 Å². The number of pyridine rings is 1. The van der Waals surface area contributed by atoms with E-state index in [1.807, 2.05) is 12.1 Å². The summed E-state index contributed by atoms with van der Waals surface area (Å²) < 4.78 is 15.1. The van der Waals surface area contributed by atoms with Gasteiger partial charge in [-0.2, -0.15) is 10.2 Å². The number of carboxylic acids is 1. The van der Waals surface area contributed by atoms with Crippen LogP contribution in [0.25, 0.3) is 22.8 Å². The van der Waals surface area contributed by atoms with E-state index in [0.29, 0.717) is 17.0 Å². The zero-order chi connectivity index (χ0) is 20.9. The summed E-state index contributed by atoms with van der Waals surface area (Å²) in [6.45, 7) is 0. The molecule has 0 amide bonds. The Bertz CT molecular complexity index is 1260. The highest BCUT2D eigenvalue weighted by Gasteiger charge is 2.10. The molecule has 4 rings (SSSR count). The van der Waals surface area contributed by atoms with Gasteiger partial charge in [-0.05, 0) is 41.5 Å². The van der Waals surface area contributed by atoms with Gasteiger partial charge in [0.15, 0.2) is 5.65 Å². The van der Waals surface area contributed by atoms with Crippen LogP contribution in [0.15, 0.2) is 78.2 Å². The van der Waals surface area contributed by atoms with E-state index in [2.05, 4.69) is 20.6 Å². The molecule has 0 spiro atoms. The highest BCUT2D eigenvalue weighted by Crippen LogP contribution is 2.23. The van der Waals surface area contributed by atoms with Crippen molar-refractivity contribution in [3.05, 3.63) is 90.0 Å². The van der Waals surface area contributed by atoms with Gasteiger partial charge in [0.05, 0.1) is 29.2 Å². The fourth-order valence-corrected chi connectivity index (χ4v) is 2.86. The van der Waals surface area contributed by atoms with Crippen molar-refractivity contribution in [1.82, 2.24) is 14.8 Å². The minimum Gasteiger partial charge on any atom is -0.478 e. The minimum absolute atomic E-state index is 0.348. The molecular formula is C22H16FN5O2. The molecule has 8 heteroatoms. The minimum atomic E-state index is -0.991. The van der Waals surface area contributed by atoms with Crippen molar-refractivity contribution in [2.75, 3.05) is 5.43 Å². The van der Waals surface area contributed by atoms with E-state index in [0.717, 1.165) is 22.6 Å². The van der Waals surface area contributed by atoms with Crippen molar-refractivity contribution in [2.45, 2.75) is 0 Å². The molecule has 0 saturated heterocycles. The van der Waals surface area contributed by atoms with E-state index in [-0.39, 0.29) is 5.82 Å². The molecule has 4 aromatic rings. The van der Waals surface area contributed by atoms with Crippen LogP contribution in [0.5, 0.6) is 0 Å². The molecule has 2 heterocycles. The predicted molar refractivity (Wildman–Crippen MR) is 113 cm³/mol. The number of nitrogens with one attached hydrogen (secondary N) is 1. The molecule has 2 aromatic heterocycles. The topological polar surface area (TPSA) is 92.4 Å².